The molecule has 0 bridgehead atoms. The molecule has 1 amide bonds. The molecule has 4 heteroatoms. The molecule has 0 aliphatic heterocycles. The molecule has 0 spiro atoms. The molecule has 0 saturated heterocycles. The first-order valence-electron chi connectivity index (χ1n) is 5.18. The van der Waals surface area contributed by atoms with E-state index in [1.165, 1.54) is 11.3 Å². The van der Waals surface area contributed by atoms with Crippen molar-refractivity contribution in [2.45, 2.75) is 26.8 Å². The van der Waals surface area contributed by atoms with E-state index in [9.17, 15) is 4.79 Å². The third kappa shape index (κ3) is 2.72. The predicted octanol–water partition coefficient (Wildman–Crippen LogP) is 2.66. The van der Waals surface area contributed by atoms with Crippen molar-refractivity contribution in [1.82, 2.24) is 4.90 Å². The first kappa shape index (κ1) is 12.0. The topological polar surface area (TPSA) is 32.3 Å². The number of nitrogens with one attached hydrogen (secondary N) is 1. The largest absolute Gasteiger partial charge is 0.380 e. The molecule has 15 heavy (non-hydrogen) atoms. The van der Waals surface area contributed by atoms with Gasteiger partial charge >= 0.3 is 0 Å². The lowest BCUT2D eigenvalue weighted by Gasteiger charge is -2.24. The lowest BCUT2D eigenvalue weighted by molar-refractivity contribution is 0.0722. The van der Waals surface area contributed by atoms with E-state index in [-0.39, 0.29) is 11.9 Å². The van der Waals surface area contributed by atoms with Crippen molar-refractivity contribution in [2.75, 3.05) is 18.9 Å². The standard InChI is InChI=1S/C11H18N2OS/c1-5-13(8(2)3)11(14)9-6-7-10(12-4)15-9/h6-8,12H,5H2,1-4H3. The van der Waals surface area contributed by atoms with Crippen LogP contribution in [-0.2, 0) is 0 Å². The second kappa shape index (κ2) is 5.16. The van der Waals surface area contributed by atoms with E-state index < -0.39 is 0 Å². The number of rotatable bonds is 4. The minimum Gasteiger partial charge on any atom is -0.380 e. The van der Waals surface area contributed by atoms with E-state index >= 15 is 0 Å². The Labute approximate surface area is 95.1 Å². The Morgan fingerprint density at radius 1 is 1.53 bits per heavy atom. The average Bonchev–Trinajstić information content (AvgIpc) is 2.66. The SMILES string of the molecule is CCN(C(=O)c1ccc(NC)s1)C(C)C. The molecule has 1 heterocycles. The second-order valence-electron chi connectivity index (χ2n) is 3.60. The van der Waals surface area contributed by atoms with Crippen LogP contribution >= 0.6 is 11.3 Å². The van der Waals surface area contributed by atoms with Gasteiger partial charge in [-0.3, -0.25) is 4.79 Å². The second-order valence-corrected chi connectivity index (χ2v) is 4.68. The van der Waals surface area contributed by atoms with Crippen molar-refractivity contribution in [3.8, 4) is 0 Å². The molecule has 3 nitrogen and oxygen atoms in total. The number of carbonyl (C=O) groups excluding carboxylic acids is 1. The number of amides is 1. The number of carbonyl (C=O) groups is 1. The summed E-state index contributed by atoms with van der Waals surface area (Å²) in [5.74, 6) is 0.124. The molecule has 0 fully saturated rings. The minimum atomic E-state index is 0.124. The van der Waals surface area contributed by atoms with Gasteiger partial charge in [0.15, 0.2) is 0 Å². The van der Waals surface area contributed by atoms with Gasteiger partial charge < -0.3 is 10.2 Å². The fourth-order valence-electron chi connectivity index (χ4n) is 1.47. The molecule has 0 atom stereocenters. The Morgan fingerprint density at radius 2 is 2.20 bits per heavy atom. The molecule has 0 aliphatic carbocycles. The van der Waals surface area contributed by atoms with Gasteiger partial charge in [-0.1, -0.05) is 0 Å². The van der Waals surface area contributed by atoms with Gasteiger partial charge in [-0.15, -0.1) is 11.3 Å². The van der Waals surface area contributed by atoms with Crippen LogP contribution in [0.2, 0.25) is 0 Å². The lowest BCUT2D eigenvalue weighted by Crippen LogP contribution is -2.36. The van der Waals surface area contributed by atoms with Gasteiger partial charge in [-0.25, -0.2) is 0 Å². The summed E-state index contributed by atoms with van der Waals surface area (Å²) in [4.78, 5) is 14.7. The lowest BCUT2D eigenvalue weighted by atomic mass is 10.3. The maximum absolute atomic E-state index is 12.1. The highest BCUT2D eigenvalue weighted by Crippen LogP contribution is 2.23. The molecule has 84 valence electrons. The van der Waals surface area contributed by atoms with Gasteiger partial charge in [0.05, 0.1) is 9.88 Å². The molecule has 0 aromatic carbocycles. The van der Waals surface area contributed by atoms with Gasteiger partial charge in [0.2, 0.25) is 0 Å². The average molecular weight is 226 g/mol. The fourth-order valence-corrected chi connectivity index (χ4v) is 2.29. The Bertz CT molecular complexity index is 333. The van der Waals surface area contributed by atoms with Gasteiger partial charge in [0.25, 0.3) is 5.91 Å². The van der Waals surface area contributed by atoms with Crippen LogP contribution in [0, 0.1) is 0 Å². The van der Waals surface area contributed by atoms with E-state index in [2.05, 4.69) is 5.32 Å². The summed E-state index contributed by atoms with van der Waals surface area (Å²) in [7, 11) is 1.86. The third-order valence-corrected chi connectivity index (χ3v) is 3.38. The molecule has 1 aromatic heterocycles. The molecular weight excluding hydrogens is 208 g/mol. The number of hydrogen-bond acceptors (Lipinski definition) is 3. The Hall–Kier alpha value is -1.03. The summed E-state index contributed by atoms with van der Waals surface area (Å²) in [6, 6.07) is 4.07. The fraction of sp³-hybridized carbons (Fsp3) is 0.545. The van der Waals surface area contributed by atoms with Gasteiger partial charge in [-0.2, -0.15) is 0 Å². The van der Waals surface area contributed by atoms with Crippen molar-refractivity contribution < 1.29 is 4.79 Å². The number of thiophene rings is 1. The molecule has 0 saturated carbocycles. The Morgan fingerprint density at radius 3 is 2.60 bits per heavy atom. The first-order chi connectivity index (χ1) is 7.10. The monoisotopic (exact) mass is 226 g/mol. The van der Waals surface area contributed by atoms with Crippen LogP contribution in [-0.4, -0.2) is 30.4 Å². The van der Waals surface area contributed by atoms with E-state index in [1.807, 2.05) is 44.9 Å². The molecule has 1 rings (SSSR count). The Kier molecular flexibility index (Phi) is 4.15. The zero-order valence-corrected chi connectivity index (χ0v) is 10.5. The van der Waals surface area contributed by atoms with E-state index in [0.29, 0.717) is 0 Å². The van der Waals surface area contributed by atoms with Crippen LogP contribution in [0.4, 0.5) is 5.00 Å². The zero-order valence-electron chi connectivity index (χ0n) is 9.70. The molecule has 0 radical (unpaired) electrons. The van der Waals surface area contributed by atoms with Crippen LogP contribution in [0.5, 0.6) is 0 Å². The molecule has 1 N–H and O–H groups in total. The molecule has 0 unspecified atom stereocenters. The van der Waals surface area contributed by atoms with E-state index in [0.717, 1.165) is 16.4 Å². The highest BCUT2D eigenvalue weighted by Gasteiger charge is 2.18. The highest BCUT2D eigenvalue weighted by atomic mass is 32.1. The van der Waals surface area contributed by atoms with Crippen molar-refractivity contribution in [1.29, 1.82) is 0 Å². The smallest absolute Gasteiger partial charge is 0.264 e. The van der Waals surface area contributed by atoms with E-state index in [4.69, 9.17) is 0 Å². The minimum absolute atomic E-state index is 0.124. The number of anilines is 1. The van der Waals surface area contributed by atoms with E-state index in [1.54, 1.807) is 0 Å². The number of nitrogens with zero attached hydrogens (tertiary/aromatic N) is 1. The summed E-state index contributed by atoms with van der Waals surface area (Å²) in [5, 5.41) is 4.06. The molecule has 0 aliphatic rings. The van der Waals surface area contributed by atoms with Gasteiger partial charge in [-0.05, 0) is 32.9 Å². The van der Waals surface area contributed by atoms with Crippen LogP contribution in [0.25, 0.3) is 0 Å². The van der Waals surface area contributed by atoms with Crippen LogP contribution < -0.4 is 5.32 Å². The molecule has 1 aromatic rings. The summed E-state index contributed by atoms with van der Waals surface area (Å²) >= 11 is 1.50. The van der Waals surface area contributed by atoms with Crippen molar-refractivity contribution >= 4 is 22.2 Å². The summed E-state index contributed by atoms with van der Waals surface area (Å²) in [5.41, 5.74) is 0. The third-order valence-electron chi connectivity index (χ3n) is 2.29. The summed E-state index contributed by atoms with van der Waals surface area (Å²) < 4.78 is 0. The number of hydrogen-bond donors (Lipinski definition) is 1. The molecular formula is C11H18N2OS. The van der Waals surface area contributed by atoms with Gasteiger partial charge in [0, 0.05) is 19.6 Å². The zero-order chi connectivity index (χ0) is 11.4. The maximum atomic E-state index is 12.1. The quantitative estimate of drug-likeness (QED) is 0.856. The normalized spacial score (nSPS) is 10.5. The van der Waals surface area contributed by atoms with Crippen molar-refractivity contribution in [3.63, 3.8) is 0 Å². The Balaban J connectivity index is 2.83. The van der Waals surface area contributed by atoms with Crippen LogP contribution in [0.1, 0.15) is 30.4 Å². The summed E-state index contributed by atoms with van der Waals surface area (Å²) in [6.45, 7) is 6.83. The van der Waals surface area contributed by atoms with Crippen LogP contribution in [0.3, 0.4) is 0 Å². The summed E-state index contributed by atoms with van der Waals surface area (Å²) in [6.07, 6.45) is 0. The maximum Gasteiger partial charge on any atom is 0.264 e. The van der Waals surface area contributed by atoms with Crippen molar-refractivity contribution in [3.05, 3.63) is 17.0 Å². The van der Waals surface area contributed by atoms with Gasteiger partial charge in [0.1, 0.15) is 0 Å². The highest BCUT2D eigenvalue weighted by molar-refractivity contribution is 7.17. The van der Waals surface area contributed by atoms with Crippen molar-refractivity contribution in [2.24, 2.45) is 0 Å². The predicted molar refractivity (Wildman–Crippen MR) is 65.7 cm³/mol. The van der Waals surface area contributed by atoms with Crippen LogP contribution in [0.15, 0.2) is 12.1 Å². The first-order valence-corrected chi connectivity index (χ1v) is 6.00.